The predicted molar refractivity (Wildman–Crippen MR) is 162 cm³/mol. The number of methoxy groups -OCH3 is 1. The normalized spacial score (nSPS) is 11.4. The molecule has 0 unspecified atom stereocenters. The van der Waals surface area contributed by atoms with Crippen molar-refractivity contribution in [1.29, 1.82) is 0 Å². The van der Waals surface area contributed by atoms with Crippen LogP contribution in [0.3, 0.4) is 0 Å². The van der Waals surface area contributed by atoms with Crippen LogP contribution in [0.25, 0.3) is 22.3 Å². The molecule has 11 nitrogen and oxygen atoms in total. The first-order valence-corrected chi connectivity index (χ1v) is 15.3. The van der Waals surface area contributed by atoms with Crippen molar-refractivity contribution in [2.24, 2.45) is 0 Å². The molecule has 0 fully saturated rings. The molecule has 0 radical (unpaired) electrons. The molecule has 14 heteroatoms. The summed E-state index contributed by atoms with van der Waals surface area (Å²) in [6, 6.07) is 21.7. The fraction of sp³-hybridized carbons (Fsp3) is 0.0690. The molecule has 0 saturated carbocycles. The standard InChI is InChI=1S/C29H21ClN6O5S2/c1-40-24-10-6-5-9-22(24)25-23(15-18-13-14-36(26(18)32-25)43(38,39)21-7-3-2-4-8-21)27(37)33-28-34-35-29(42-28)41-17-20-12-11-19(30)16-31-20/h2-16H,17H2,1H3,(H,33,34,37). The van der Waals surface area contributed by atoms with E-state index >= 15 is 0 Å². The van der Waals surface area contributed by atoms with E-state index in [1.54, 1.807) is 66.7 Å². The van der Waals surface area contributed by atoms with Gasteiger partial charge in [0.2, 0.25) is 5.13 Å². The number of fused-ring (bicyclic) bond motifs is 1. The number of para-hydroxylation sites is 1. The van der Waals surface area contributed by atoms with Crippen LogP contribution >= 0.6 is 22.9 Å². The number of nitrogens with zero attached hydrogens (tertiary/aromatic N) is 5. The van der Waals surface area contributed by atoms with Crippen LogP contribution in [0.1, 0.15) is 16.1 Å². The third kappa shape index (κ3) is 5.78. The summed E-state index contributed by atoms with van der Waals surface area (Å²) in [5.74, 6) is -0.0779. The molecule has 2 aromatic carbocycles. The maximum Gasteiger partial charge on any atom is 0.296 e. The summed E-state index contributed by atoms with van der Waals surface area (Å²) in [6.45, 7) is 0.140. The number of halogens is 1. The first kappa shape index (κ1) is 28.3. The smallest absolute Gasteiger partial charge is 0.296 e. The molecule has 0 bridgehead atoms. The van der Waals surface area contributed by atoms with Gasteiger partial charge in [-0.2, -0.15) is 0 Å². The molecule has 1 amide bonds. The Morgan fingerprint density at radius 3 is 2.58 bits per heavy atom. The van der Waals surface area contributed by atoms with Gasteiger partial charge >= 0.3 is 0 Å². The highest BCUT2D eigenvalue weighted by molar-refractivity contribution is 7.90. The van der Waals surface area contributed by atoms with Crippen LogP contribution in [0.4, 0.5) is 5.13 Å². The Morgan fingerprint density at radius 1 is 1.02 bits per heavy atom. The summed E-state index contributed by atoms with van der Waals surface area (Å²) >= 11 is 6.91. The van der Waals surface area contributed by atoms with Crippen molar-refractivity contribution >= 4 is 55.0 Å². The molecule has 0 spiro atoms. The second kappa shape index (κ2) is 11.8. The van der Waals surface area contributed by atoms with Gasteiger partial charge in [-0.25, -0.2) is 17.4 Å². The third-order valence-electron chi connectivity index (χ3n) is 6.29. The van der Waals surface area contributed by atoms with Crippen LogP contribution in [0.2, 0.25) is 5.02 Å². The van der Waals surface area contributed by atoms with Gasteiger partial charge in [-0.05, 0) is 59.9 Å². The predicted octanol–water partition coefficient (Wildman–Crippen LogP) is 5.68. The minimum Gasteiger partial charge on any atom is -0.496 e. The Bertz CT molecular complexity index is 2050. The third-order valence-corrected chi connectivity index (χ3v) is 8.95. The van der Waals surface area contributed by atoms with Gasteiger partial charge in [0, 0.05) is 23.3 Å². The number of nitrogens with one attached hydrogen (secondary N) is 1. The topological polar surface area (TPSA) is 138 Å². The van der Waals surface area contributed by atoms with Crippen molar-refractivity contribution in [2.75, 3.05) is 12.4 Å². The second-order valence-corrected chi connectivity index (χ2v) is 12.2. The zero-order valence-electron chi connectivity index (χ0n) is 22.3. The molecule has 0 aliphatic carbocycles. The molecule has 1 N–H and O–H groups in total. The number of rotatable bonds is 9. The van der Waals surface area contributed by atoms with Gasteiger partial charge in [-0.15, -0.1) is 5.10 Å². The number of amides is 1. The summed E-state index contributed by atoms with van der Waals surface area (Å²) in [7, 11) is -2.46. The summed E-state index contributed by atoms with van der Waals surface area (Å²) < 4.78 is 39.3. The highest BCUT2D eigenvalue weighted by Gasteiger charge is 2.25. The fourth-order valence-corrected chi connectivity index (χ4v) is 6.29. The molecule has 4 aromatic heterocycles. The number of hydrogen-bond acceptors (Lipinski definition) is 10. The SMILES string of the molecule is COc1ccccc1-c1nc2c(ccn2S(=O)(=O)c2ccccc2)cc1C(=O)Nc1nnc(OCc2ccc(Cl)cn2)s1. The summed E-state index contributed by atoms with van der Waals surface area (Å²) in [6.07, 6.45) is 2.93. The van der Waals surface area contributed by atoms with E-state index in [-0.39, 0.29) is 38.7 Å². The molecule has 6 rings (SSSR count). The van der Waals surface area contributed by atoms with E-state index in [1.807, 2.05) is 0 Å². The maximum atomic E-state index is 13.7. The van der Waals surface area contributed by atoms with E-state index in [0.717, 1.165) is 15.3 Å². The molecule has 6 aromatic rings. The maximum absolute atomic E-state index is 13.7. The van der Waals surface area contributed by atoms with E-state index < -0.39 is 15.9 Å². The van der Waals surface area contributed by atoms with Crippen molar-refractivity contribution < 1.29 is 22.7 Å². The molecule has 43 heavy (non-hydrogen) atoms. The average molecular weight is 633 g/mol. The zero-order valence-corrected chi connectivity index (χ0v) is 24.7. The lowest BCUT2D eigenvalue weighted by Gasteiger charge is -2.13. The molecular formula is C29H21ClN6O5S2. The van der Waals surface area contributed by atoms with Gasteiger partial charge in [0.1, 0.15) is 12.4 Å². The van der Waals surface area contributed by atoms with Crippen LogP contribution in [0.5, 0.6) is 10.9 Å². The number of carbonyl (C=O) groups excluding carboxylic acids is 1. The molecular weight excluding hydrogens is 612 g/mol. The average Bonchev–Trinajstić information content (AvgIpc) is 3.67. The molecule has 0 atom stereocenters. The second-order valence-electron chi connectivity index (χ2n) is 9.01. The first-order chi connectivity index (χ1) is 20.8. The highest BCUT2D eigenvalue weighted by Crippen LogP contribution is 2.34. The minimum absolute atomic E-state index is 0.107. The summed E-state index contributed by atoms with van der Waals surface area (Å²) in [4.78, 5) is 22.6. The first-order valence-electron chi connectivity index (χ1n) is 12.7. The largest absolute Gasteiger partial charge is 0.496 e. The quantitative estimate of drug-likeness (QED) is 0.213. The van der Waals surface area contributed by atoms with E-state index in [1.165, 1.54) is 31.6 Å². The van der Waals surface area contributed by atoms with Gasteiger partial charge in [-0.1, -0.05) is 47.0 Å². The Hall–Kier alpha value is -4.85. The van der Waals surface area contributed by atoms with E-state index in [2.05, 4.69) is 20.5 Å². The van der Waals surface area contributed by atoms with Gasteiger partial charge in [0.15, 0.2) is 5.65 Å². The van der Waals surface area contributed by atoms with Crippen LogP contribution in [0, 0.1) is 0 Å². The number of anilines is 1. The number of ether oxygens (including phenoxy) is 2. The van der Waals surface area contributed by atoms with E-state index in [9.17, 15) is 13.2 Å². The van der Waals surface area contributed by atoms with Crippen LogP contribution in [-0.4, -0.2) is 45.6 Å². The number of hydrogen-bond donors (Lipinski definition) is 1. The van der Waals surface area contributed by atoms with Crippen molar-refractivity contribution in [3.63, 3.8) is 0 Å². The number of pyridine rings is 2. The summed E-state index contributed by atoms with van der Waals surface area (Å²) in [5.41, 5.74) is 1.70. The molecule has 216 valence electrons. The zero-order chi connectivity index (χ0) is 30.0. The highest BCUT2D eigenvalue weighted by atomic mass is 35.5. The molecule has 4 heterocycles. The van der Waals surface area contributed by atoms with Crippen LogP contribution in [-0.2, 0) is 16.6 Å². The van der Waals surface area contributed by atoms with Crippen molar-refractivity contribution in [3.8, 4) is 22.2 Å². The lowest BCUT2D eigenvalue weighted by atomic mass is 10.0. The Labute approximate surface area is 254 Å². The fourth-order valence-electron chi connectivity index (χ4n) is 4.27. The number of carbonyl (C=O) groups is 1. The van der Waals surface area contributed by atoms with E-state index in [0.29, 0.717) is 27.4 Å². The Morgan fingerprint density at radius 2 is 1.81 bits per heavy atom. The Balaban J connectivity index is 1.35. The lowest BCUT2D eigenvalue weighted by Crippen LogP contribution is -2.16. The summed E-state index contributed by atoms with van der Waals surface area (Å²) in [5, 5.41) is 12.1. The van der Waals surface area contributed by atoms with Crippen molar-refractivity contribution in [3.05, 3.63) is 108 Å². The van der Waals surface area contributed by atoms with Gasteiger partial charge in [0.05, 0.1) is 34.0 Å². The van der Waals surface area contributed by atoms with Crippen LogP contribution < -0.4 is 14.8 Å². The number of benzene rings is 2. The van der Waals surface area contributed by atoms with Crippen molar-refractivity contribution in [2.45, 2.75) is 11.5 Å². The molecule has 0 saturated heterocycles. The van der Waals surface area contributed by atoms with E-state index in [4.69, 9.17) is 26.1 Å². The number of aromatic nitrogens is 5. The Kier molecular flexibility index (Phi) is 7.76. The lowest BCUT2D eigenvalue weighted by molar-refractivity contribution is 0.102. The van der Waals surface area contributed by atoms with Gasteiger partial charge < -0.3 is 9.47 Å². The molecule has 0 aliphatic heterocycles. The van der Waals surface area contributed by atoms with Gasteiger partial charge in [0.25, 0.3) is 21.1 Å². The monoisotopic (exact) mass is 632 g/mol. The minimum atomic E-state index is -3.96. The van der Waals surface area contributed by atoms with Crippen LogP contribution in [0.15, 0.2) is 96.2 Å². The molecule has 0 aliphatic rings. The van der Waals surface area contributed by atoms with Crippen molar-refractivity contribution in [1.82, 2.24) is 24.1 Å². The van der Waals surface area contributed by atoms with Gasteiger partial charge in [-0.3, -0.25) is 15.1 Å².